The third-order valence-corrected chi connectivity index (χ3v) is 3.37. The molecule has 0 radical (unpaired) electrons. The number of carbonyl (C=O) groups is 3. The number of hydrogen-bond donors (Lipinski definition) is 2. The van der Waals surface area contributed by atoms with Crippen molar-refractivity contribution in [1.29, 1.82) is 0 Å². The van der Waals surface area contributed by atoms with Crippen LogP contribution in [0.25, 0.3) is 5.65 Å². The van der Waals surface area contributed by atoms with Crippen molar-refractivity contribution in [3.63, 3.8) is 0 Å². The molecule has 0 saturated carbocycles. The monoisotopic (exact) mass is 357 g/mol. The molecule has 0 aliphatic heterocycles. The van der Waals surface area contributed by atoms with Crippen LogP contribution in [0.5, 0.6) is 0 Å². The molecule has 0 fully saturated rings. The zero-order valence-electron chi connectivity index (χ0n) is 13.8. The Labute approximate surface area is 147 Å². The van der Waals surface area contributed by atoms with Gasteiger partial charge in [-0.2, -0.15) is 5.10 Å². The second-order valence-corrected chi connectivity index (χ2v) is 5.23. The SMILES string of the molecule is Cc1nn2cccnc2c1C(=O)OCC(=O)NC(=O)NCc1ccco1. The molecule has 0 spiro atoms. The highest BCUT2D eigenvalue weighted by Gasteiger charge is 2.20. The summed E-state index contributed by atoms with van der Waals surface area (Å²) in [6.07, 6.45) is 4.63. The summed E-state index contributed by atoms with van der Waals surface area (Å²) >= 11 is 0. The molecule has 26 heavy (non-hydrogen) atoms. The molecular formula is C16H15N5O5. The molecule has 2 N–H and O–H groups in total. The van der Waals surface area contributed by atoms with E-state index in [1.165, 1.54) is 17.0 Å². The number of ether oxygens (including phenoxy) is 1. The van der Waals surface area contributed by atoms with Crippen molar-refractivity contribution >= 4 is 23.6 Å². The molecule has 3 amide bonds. The van der Waals surface area contributed by atoms with E-state index >= 15 is 0 Å². The third kappa shape index (κ3) is 3.86. The highest BCUT2D eigenvalue weighted by atomic mass is 16.5. The maximum Gasteiger partial charge on any atom is 0.344 e. The number of rotatable bonds is 5. The van der Waals surface area contributed by atoms with E-state index in [4.69, 9.17) is 9.15 Å². The van der Waals surface area contributed by atoms with E-state index in [2.05, 4.69) is 20.7 Å². The Bertz CT molecular complexity index is 947. The minimum Gasteiger partial charge on any atom is -0.467 e. The number of urea groups is 1. The molecule has 134 valence electrons. The lowest BCUT2D eigenvalue weighted by Gasteiger charge is -2.06. The number of hydrogen-bond acceptors (Lipinski definition) is 7. The molecule has 3 heterocycles. The zero-order chi connectivity index (χ0) is 18.5. The molecule has 0 aromatic carbocycles. The fourth-order valence-electron chi connectivity index (χ4n) is 2.23. The second-order valence-electron chi connectivity index (χ2n) is 5.23. The van der Waals surface area contributed by atoms with Gasteiger partial charge in [0.1, 0.15) is 11.3 Å². The number of amides is 3. The molecule has 3 aromatic rings. The first-order chi connectivity index (χ1) is 12.5. The summed E-state index contributed by atoms with van der Waals surface area (Å²) in [6.45, 7) is 1.14. The van der Waals surface area contributed by atoms with E-state index in [1.807, 2.05) is 0 Å². The normalized spacial score (nSPS) is 10.5. The van der Waals surface area contributed by atoms with Gasteiger partial charge in [0.2, 0.25) is 0 Å². The Morgan fingerprint density at radius 2 is 2.15 bits per heavy atom. The molecule has 0 saturated heterocycles. The summed E-state index contributed by atoms with van der Waals surface area (Å²) in [4.78, 5) is 39.6. The molecule has 0 bridgehead atoms. The van der Waals surface area contributed by atoms with Gasteiger partial charge in [0, 0.05) is 12.4 Å². The molecule has 0 atom stereocenters. The van der Waals surface area contributed by atoms with Gasteiger partial charge in [-0.15, -0.1) is 0 Å². The molecule has 10 heteroatoms. The lowest BCUT2D eigenvalue weighted by atomic mass is 10.2. The van der Waals surface area contributed by atoms with Gasteiger partial charge < -0.3 is 14.5 Å². The Morgan fingerprint density at radius 3 is 2.92 bits per heavy atom. The molecule has 3 aromatic heterocycles. The smallest absolute Gasteiger partial charge is 0.344 e. The van der Waals surface area contributed by atoms with Crippen molar-refractivity contribution in [3.05, 3.63) is 53.9 Å². The largest absolute Gasteiger partial charge is 0.467 e. The van der Waals surface area contributed by atoms with Gasteiger partial charge in [-0.3, -0.25) is 10.1 Å². The summed E-state index contributed by atoms with van der Waals surface area (Å²) in [5.74, 6) is -0.977. The molecule has 3 rings (SSSR count). The standard InChI is InChI=1S/C16H15N5O5/c1-10-13(14-17-5-3-6-21(14)20-10)15(23)26-9-12(22)19-16(24)18-8-11-4-2-7-25-11/h2-7H,8-9H2,1H3,(H2,18,19,22,24). The van der Waals surface area contributed by atoms with Crippen LogP contribution >= 0.6 is 0 Å². The first-order valence-corrected chi connectivity index (χ1v) is 7.61. The van der Waals surface area contributed by atoms with Crippen molar-refractivity contribution in [2.24, 2.45) is 0 Å². The molecule has 10 nitrogen and oxygen atoms in total. The van der Waals surface area contributed by atoms with E-state index in [0.717, 1.165) is 0 Å². The number of aryl methyl sites for hydroxylation is 1. The maximum absolute atomic E-state index is 12.2. The quantitative estimate of drug-likeness (QED) is 0.647. The minimum absolute atomic E-state index is 0.124. The lowest BCUT2D eigenvalue weighted by Crippen LogP contribution is -2.41. The van der Waals surface area contributed by atoms with Gasteiger partial charge in [0.15, 0.2) is 12.3 Å². The second kappa shape index (κ2) is 7.47. The number of aromatic nitrogens is 3. The van der Waals surface area contributed by atoms with Crippen LogP contribution in [0.3, 0.4) is 0 Å². The van der Waals surface area contributed by atoms with Crippen LogP contribution in [0.1, 0.15) is 21.8 Å². The Balaban J connectivity index is 1.51. The van der Waals surface area contributed by atoms with Gasteiger partial charge >= 0.3 is 12.0 Å². The highest BCUT2D eigenvalue weighted by molar-refractivity contribution is 5.99. The van der Waals surface area contributed by atoms with Crippen LogP contribution in [0, 0.1) is 6.92 Å². The van der Waals surface area contributed by atoms with Crippen molar-refractivity contribution in [3.8, 4) is 0 Å². The number of nitrogens with zero attached hydrogens (tertiary/aromatic N) is 3. The van der Waals surface area contributed by atoms with E-state index in [9.17, 15) is 14.4 Å². The molecular weight excluding hydrogens is 342 g/mol. The van der Waals surface area contributed by atoms with Crippen LogP contribution < -0.4 is 10.6 Å². The molecule has 0 aliphatic rings. The van der Waals surface area contributed by atoms with E-state index < -0.39 is 24.5 Å². The predicted molar refractivity (Wildman–Crippen MR) is 87.1 cm³/mol. The summed E-state index contributed by atoms with van der Waals surface area (Å²) in [5.41, 5.74) is 0.914. The number of imide groups is 1. The van der Waals surface area contributed by atoms with E-state index in [0.29, 0.717) is 17.1 Å². The van der Waals surface area contributed by atoms with Gasteiger partial charge in [-0.1, -0.05) is 0 Å². The average Bonchev–Trinajstić information content (AvgIpc) is 3.24. The lowest BCUT2D eigenvalue weighted by molar-refractivity contribution is -0.123. The summed E-state index contributed by atoms with van der Waals surface area (Å²) < 4.78 is 11.4. The zero-order valence-corrected chi connectivity index (χ0v) is 13.8. The number of furan rings is 1. The van der Waals surface area contributed by atoms with Crippen LogP contribution in [0.2, 0.25) is 0 Å². The van der Waals surface area contributed by atoms with Crippen molar-refractivity contribution in [2.75, 3.05) is 6.61 Å². The Kier molecular flexibility index (Phi) is 4.92. The van der Waals surface area contributed by atoms with Crippen LogP contribution in [0.4, 0.5) is 4.79 Å². The molecule has 0 aliphatic carbocycles. The maximum atomic E-state index is 12.2. The molecule has 0 unspecified atom stereocenters. The van der Waals surface area contributed by atoms with E-state index in [-0.39, 0.29) is 12.1 Å². The van der Waals surface area contributed by atoms with E-state index in [1.54, 1.807) is 31.3 Å². The first kappa shape index (κ1) is 17.1. The summed E-state index contributed by atoms with van der Waals surface area (Å²) in [5, 5.41) is 8.62. The van der Waals surface area contributed by atoms with Crippen LogP contribution in [0.15, 0.2) is 41.3 Å². The number of carbonyl (C=O) groups excluding carboxylic acids is 3. The third-order valence-electron chi connectivity index (χ3n) is 3.37. The van der Waals surface area contributed by atoms with Crippen molar-refractivity contribution in [2.45, 2.75) is 13.5 Å². The topological polar surface area (TPSA) is 128 Å². The van der Waals surface area contributed by atoms with Crippen molar-refractivity contribution in [1.82, 2.24) is 25.2 Å². The van der Waals surface area contributed by atoms with Gasteiger partial charge in [-0.05, 0) is 25.1 Å². The van der Waals surface area contributed by atoms with Gasteiger partial charge in [0.25, 0.3) is 5.91 Å². The predicted octanol–water partition coefficient (Wildman–Crippen LogP) is 0.814. The van der Waals surface area contributed by atoms with Crippen molar-refractivity contribution < 1.29 is 23.5 Å². The highest BCUT2D eigenvalue weighted by Crippen LogP contribution is 2.13. The number of esters is 1. The van der Waals surface area contributed by atoms with Crippen LogP contribution in [-0.2, 0) is 16.1 Å². The fourth-order valence-corrected chi connectivity index (χ4v) is 2.23. The fraction of sp³-hybridized carbons (Fsp3) is 0.188. The Hall–Kier alpha value is -3.69. The minimum atomic E-state index is -0.766. The summed E-state index contributed by atoms with van der Waals surface area (Å²) in [6, 6.07) is 4.30. The summed E-state index contributed by atoms with van der Waals surface area (Å²) in [7, 11) is 0. The number of nitrogens with one attached hydrogen (secondary N) is 2. The van der Waals surface area contributed by atoms with Crippen LogP contribution in [-0.4, -0.2) is 39.1 Å². The number of fused-ring (bicyclic) bond motifs is 1. The average molecular weight is 357 g/mol. The first-order valence-electron chi connectivity index (χ1n) is 7.61. The van der Waals surface area contributed by atoms with Gasteiger partial charge in [-0.25, -0.2) is 19.1 Å². The van der Waals surface area contributed by atoms with Gasteiger partial charge in [0.05, 0.1) is 18.5 Å². The Morgan fingerprint density at radius 1 is 1.31 bits per heavy atom.